The summed E-state index contributed by atoms with van der Waals surface area (Å²) in [5, 5.41) is 17.0. The van der Waals surface area contributed by atoms with Crippen LogP contribution in [-0.4, -0.2) is 52.7 Å². The Morgan fingerprint density at radius 2 is 2.12 bits per heavy atom. The predicted octanol–water partition coefficient (Wildman–Crippen LogP) is 3.74. The first-order valence-corrected chi connectivity index (χ1v) is 11.4. The summed E-state index contributed by atoms with van der Waals surface area (Å²) in [6.45, 7) is 2.65. The van der Waals surface area contributed by atoms with Gasteiger partial charge in [0.15, 0.2) is 0 Å². The average Bonchev–Trinajstić information content (AvgIpc) is 3.31. The van der Waals surface area contributed by atoms with Gasteiger partial charge in [0.25, 0.3) is 5.91 Å². The van der Waals surface area contributed by atoms with Crippen molar-refractivity contribution >= 4 is 16.9 Å². The van der Waals surface area contributed by atoms with Gasteiger partial charge in [-0.25, -0.2) is 9.97 Å². The number of carbonyl (C=O) groups excluding carboxylic acids is 1. The summed E-state index contributed by atoms with van der Waals surface area (Å²) in [6.07, 6.45) is 3.94. The topological polar surface area (TPSA) is 112 Å². The molecule has 0 aliphatic carbocycles. The number of methoxy groups -OCH3 is 1. The molecular formula is C26H27N5O3. The number of aromatic amines is 1. The molecule has 4 N–H and O–H groups in total. The van der Waals surface area contributed by atoms with E-state index in [2.05, 4.69) is 25.6 Å². The molecular weight excluding hydrogens is 430 g/mol. The molecule has 8 heteroatoms. The molecule has 0 radical (unpaired) electrons. The second kappa shape index (κ2) is 9.52. The van der Waals surface area contributed by atoms with Crippen LogP contribution in [0.5, 0.6) is 11.6 Å². The lowest BCUT2D eigenvalue weighted by Gasteiger charge is -2.22. The molecule has 2 aromatic carbocycles. The maximum absolute atomic E-state index is 12.7. The fraction of sp³-hybridized carbons (Fsp3) is 0.269. The van der Waals surface area contributed by atoms with Gasteiger partial charge in [0.2, 0.25) is 5.88 Å². The number of fused-ring (bicyclic) bond motifs is 1. The second-order valence-electron chi connectivity index (χ2n) is 8.53. The van der Waals surface area contributed by atoms with Crippen molar-refractivity contribution in [2.24, 2.45) is 5.92 Å². The van der Waals surface area contributed by atoms with Crippen molar-refractivity contribution in [3.8, 4) is 34.1 Å². The van der Waals surface area contributed by atoms with Crippen LogP contribution in [-0.2, 0) is 0 Å². The van der Waals surface area contributed by atoms with Crippen LogP contribution in [0.25, 0.3) is 33.5 Å². The number of rotatable bonds is 6. The Bertz CT molecular complexity index is 1330. The number of phenolic OH excluding ortho intramolecular Hbond substituents is 1. The molecule has 1 fully saturated rings. The van der Waals surface area contributed by atoms with Crippen LogP contribution in [0, 0.1) is 5.92 Å². The molecule has 5 rings (SSSR count). The summed E-state index contributed by atoms with van der Waals surface area (Å²) in [7, 11) is 1.58. The third-order valence-electron chi connectivity index (χ3n) is 6.22. The number of aromatic nitrogens is 3. The number of benzene rings is 2. The lowest BCUT2D eigenvalue weighted by atomic mass is 9.99. The number of ether oxygens (including phenoxy) is 1. The molecule has 1 atom stereocenters. The molecule has 174 valence electrons. The molecule has 0 bridgehead atoms. The van der Waals surface area contributed by atoms with E-state index in [0.717, 1.165) is 42.6 Å². The number of amides is 1. The van der Waals surface area contributed by atoms with Gasteiger partial charge >= 0.3 is 0 Å². The Morgan fingerprint density at radius 1 is 1.21 bits per heavy atom. The second-order valence-corrected chi connectivity index (χ2v) is 8.53. The third-order valence-corrected chi connectivity index (χ3v) is 6.22. The van der Waals surface area contributed by atoms with E-state index in [1.807, 2.05) is 30.3 Å². The number of nitrogens with one attached hydrogen (secondary N) is 3. The molecule has 0 spiro atoms. The molecule has 34 heavy (non-hydrogen) atoms. The fourth-order valence-electron chi connectivity index (χ4n) is 4.38. The number of H-pyrrole nitrogens is 1. The number of hydrogen-bond donors (Lipinski definition) is 4. The molecule has 1 amide bonds. The van der Waals surface area contributed by atoms with Crippen molar-refractivity contribution < 1.29 is 14.6 Å². The van der Waals surface area contributed by atoms with Gasteiger partial charge in [0.1, 0.15) is 11.6 Å². The number of aromatic hydroxyl groups is 1. The molecule has 3 heterocycles. The molecule has 2 aromatic heterocycles. The molecule has 4 aromatic rings. The minimum atomic E-state index is -0.106. The SMILES string of the molecule is COc1ncccc1-c1ccc(O)c(-c2nc3cc(C(=O)NCC4CCCNC4)ccc3[nH]2)c1. The van der Waals surface area contributed by atoms with Gasteiger partial charge in [0, 0.05) is 23.9 Å². The highest BCUT2D eigenvalue weighted by atomic mass is 16.5. The number of carbonyl (C=O) groups is 1. The first kappa shape index (κ1) is 21.9. The zero-order chi connectivity index (χ0) is 23.5. The van der Waals surface area contributed by atoms with Crippen molar-refractivity contribution in [3.05, 3.63) is 60.3 Å². The highest BCUT2D eigenvalue weighted by Crippen LogP contribution is 2.35. The highest BCUT2D eigenvalue weighted by Gasteiger charge is 2.17. The lowest BCUT2D eigenvalue weighted by molar-refractivity contribution is 0.0945. The number of imidazole rings is 1. The maximum atomic E-state index is 12.7. The van der Waals surface area contributed by atoms with Gasteiger partial charge < -0.3 is 25.5 Å². The van der Waals surface area contributed by atoms with Crippen LogP contribution in [0.4, 0.5) is 0 Å². The number of phenols is 1. The average molecular weight is 458 g/mol. The molecule has 8 nitrogen and oxygen atoms in total. The Kier molecular flexibility index (Phi) is 6.14. The van der Waals surface area contributed by atoms with Gasteiger partial charge in [-0.2, -0.15) is 0 Å². The largest absolute Gasteiger partial charge is 0.507 e. The van der Waals surface area contributed by atoms with E-state index >= 15 is 0 Å². The van der Waals surface area contributed by atoms with Crippen LogP contribution >= 0.6 is 0 Å². The summed E-state index contributed by atoms with van der Waals surface area (Å²) in [5.74, 6) is 1.48. The van der Waals surface area contributed by atoms with Crippen molar-refractivity contribution in [1.29, 1.82) is 0 Å². The minimum Gasteiger partial charge on any atom is -0.507 e. The Morgan fingerprint density at radius 3 is 2.94 bits per heavy atom. The van der Waals surface area contributed by atoms with Gasteiger partial charge in [-0.05, 0) is 79.9 Å². The number of hydrogen-bond acceptors (Lipinski definition) is 6. The van der Waals surface area contributed by atoms with Gasteiger partial charge in [-0.1, -0.05) is 6.07 Å². The van der Waals surface area contributed by atoms with Crippen LogP contribution in [0.3, 0.4) is 0 Å². The van der Waals surface area contributed by atoms with Gasteiger partial charge in [-0.3, -0.25) is 4.79 Å². The van der Waals surface area contributed by atoms with E-state index in [0.29, 0.717) is 40.8 Å². The third kappa shape index (κ3) is 4.45. The van der Waals surface area contributed by atoms with Crippen molar-refractivity contribution in [2.45, 2.75) is 12.8 Å². The summed E-state index contributed by atoms with van der Waals surface area (Å²) in [6, 6.07) is 14.4. The van der Waals surface area contributed by atoms with Crippen LogP contribution in [0.1, 0.15) is 23.2 Å². The minimum absolute atomic E-state index is 0.102. The predicted molar refractivity (Wildman–Crippen MR) is 131 cm³/mol. The lowest BCUT2D eigenvalue weighted by Crippen LogP contribution is -2.38. The summed E-state index contributed by atoms with van der Waals surface area (Å²) in [5.41, 5.74) is 4.21. The number of nitrogens with zero attached hydrogens (tertiary/aromatic N) is 2. The quantitative estimate of drug-likeness (QED) is 0.351. The van der Waals surface area contributed by atoms with E-state index in [1.165, 1.54) is 0 Å². The van der Waals surface area contributed by atoms with Crippen molar-refractivity contribution in [3.63, 3.8) is 0 Å². The molecule has 1 aliphatic heterocycles. The number of piperidine rings is 1. The van der Waals surface area contributed by atoms with E-state index in [-0.39, 0.29) is 11.7 Å². The maximum Gasteiger partial charge on any atom is 0.251 e. The molecule has 1 aliphatic rings. The molecule has 0 saturated carbocycles. The smallest absolute Gasteiger partial charge is 0.251 e. The standard InChI is InChI=1S/C26H27N5O3/c1-34-26-19(5-3-11-28-26)17-7-9-23(32)20(12-17)24-30-21-8-6-18(13-22(21)31-24)25(33)29-15-16-4-2-10-27-14-16/h3,5-9,11-13,16,27,32H,2,4,10,14-15H2,1H3,(H,29,33)(H,30,31). The van der Waals surface area contributed by atoms with E-state index in [4.69, 9.17) is 4.74 Å². The van der Waals surface area contributed by atoms with Crippen LogP contribution < -0.4 is 15.4 Å². The van der Waals surface area contributed by atoms with E-state index < -0.39 is 0 Å². The summed E-state index contributed by atoms with van der Waals surface area (Å²) < 4.78 is 5.38. The monoisotopic (exact) mass is 457 g/mol. The van der Waals surface area contributed by atoms with E-state index in [9.17, 15) is 9.90 Å². The Balaban J connectivity index is 1.41. The zero-order valence-electron chi connectivity index (χ0n) is 19.0. The fourth-order valence-corrected chi connectivity index (χ4v) is 4.38. The number of pyridine rings is 1. The van der Waals surface area contributed by atoms with Crippen LogP contribution in [0.15, 0.2) is 54.7 Å². The normalized spacial score (nSPS) is 15.9. The zero-order valence-corrected chi connectivity index (χ0v) is 19.0. The van der Waals surface area contributed by atoms with Crippen LogP contribution in [0.2, 0.25) is 0 Å². The van der Waals surface area contributed by atoms with Gasteiger partial charge in [-0.15, -0.1) is 0 Å². The van der Waals surface area contributed by atoms with Gasteiger partial charge in [0.05, 0.1) is 23.7 Å². The first-order valence-electron chi connectivity index (χ1n) is 11.4. The summed E-state index contributed by atoms with van der Waals surface area (Å²) in [4.78, 5) is 24.9. The highest BCUT2D eigenvalue weighted by molar-refractivity contribution is 5.97. The Hall–Kier alpha value is -3.91. The van der Waals surface area contributed by atoms with E-state index in [1.54, 1.807) is 31.5 Å². The Labute approximate surface area is 197 Å². The molecule has 1 unspecified atom stereocenters. The molecule has 1 saturated heterocycles. The van der Waals surface area contributed by atoms with Crippen molar-refractivity contribution in [1.82, 2.24) is 25.6 Å². The van der Waals surface area contributed by atoms with Crippen molar-refractivity contribution in [2.75, 3.05) is 26.7 Å². The summed E-state index contributed by atoms with van der Waals surface area (Å²) >= 11 is 0. The first-order chi connectivity index (χ1) is 16.6.